The smallest absolute Gasteiger partial charge is 0.233 e. The fraction of sp³-hybridized carbons (Fsp3) is 0.800. The Bertz CT molecular complexity index is 249. The lowest BCUT2D eigenvalue weighted by Gasteiger charge is -2.10. The largest absolute Gasteiger partial charge is 0.281 e. The molecule has 0 bridgehead atoms. The van der Waals surface area contributed by atoms with E-state index in [9.17, 15) is 13.2 Å². The van der Waals surface area contributed by atoms with E-state index < -0.39 is 9.84 Å². The second-order valence-corrected chi connectivity index (χ2v) is 5.81. The van der Waals surface area contributed by atoms with Crippen LogP contribution in [0.1, 0.15) is 6.42 Å². The van der Waals surface area contributed by atoms with Gasteiger partial charge in [-0.15, -0.1) is 0 Å². The van der Waals surface area contributed by atoms with Crippen molar-refractivity contribution in [2.45, 2.75) is 6.42 Å². The molecule has 0 saturated heterocycles. The van der Waals surface area contributed by atoms with E-state index in [-0.39, 0.29) is 18.1 Å². The molecule has 0 N–H and O–H groups in total. The maximum atomic E-state index is 11.0. The second-order valence-electron chi connectivity index (χ2n) is 2.35. The summed E-state index contributed by atoms with van der Waals surface area (Å²) in [4.78, 5) is 11.0. The number of hydrogen-bond acceptors (Lipinski definition) is 5. The number of carbonyl (C=O) groups is 1. The van der Waals surface area contributed by atoms with Crippen molar-refractivity contribution in [3.63, 3.8) is 0 Å². The minimum atomic E-state index is -3.04. The third-order valence-electron chi connectivity index (χ3n) is 1.16. The maximum Gasteiger partial charge on any atom is 0.233 e. The highest BCUT2D eigenvalue weighted by atomic mass is 33.1. The molecule has 0 rings (SSSR count). The van der Waals surface area contributed by atoms with Crippen molar-refractivity contribution >= 4 is 38.4 Å². The summed E-state index contributed by atoms with van der Waals surface area (Å²) in [6, 6.07) is 0. The molecule has 7 heteroatoms. The number of rotatable bonds is 4. The van der Waals surface area contributed by atoms with Crippen LogP contribution >= 0.6 is 22.6 Å². The SMILES string of the molecule is CN(SS)C(=O)CCS(C)(=O)=O. The molecule has 0 spiro atoms. The molecule has 0 aromatic heterocycles. The average molecular weight is 229 g/mol. The minimum Gasteiger partial charge on any atom is -0.281 e. The molecule has 4 nitrogen and oxygen atoms in total. The van der Waals surface area contributed by atoms with Crippen molar-refractivity contribution < 1.29 is 13.2 Å². The summed E-state index contributed by atoms with van der Waals surface area (Å²) < 4.78 is 22.6. The summed E-state index contributed by atoms with van der Waals surface area (Å²) in [5.74, 6) is -0.342. The van der Waals surface area contributed by atoms with Crippen LogP contribution in [0.2, 0.25) is 0 Å². The summed E-state index contributed by atoms with van der Waals surface area (Å²) in [5.41, 5.74) is 0. The third kappa shape index (κ3) is 5.73. The Balaban J connectivity index is 3.88. The average Bonchev–Trinajstić information content (AvgIpc) is 1.97. The van der Waals surface area contributed by atoms with Crippen LogP contribution in [0, 0.1) is 0 Å². The second kappa shape index (κ2) is 4.98. The molecule has 0 aromatic rings. The summed E-state index contributed by atoms with van der Waals surface area (Å²) >= 11 is 3.79. The summed E-state index contributed by atoms with van der Waals surface area (Å²) in [5, 5.41) is 0. The van der Waals surface area contributed by atoms with Gasteiger partial charge in [0.05, 0.1) is 5.75 Å². The van der Waals surface area contributed by atoms with Gasteiger partial charge in [0.15, 0.2) is 0 Å². The highest BCUT2D eigenvalue weighted by Crippen LogP contribution is 2.12. The highest BCUT2D eigenvalue weighted by molar-refractivity contribution is 8.67. The van der Waals surface area contributed by atoms with E-state index in [1.54, 1.807) is 7.05 Å². The van der Waals surface area contributed by atoms with Gasteiger partial charge in [0.25, 0.3) is 0 Å². The standard InChI is InChI=1S/C5H11NO3S3/c1-6(11-10)5(7)3-4-12(2,8)9/h10H,3-4H2,1-2H3. The lowest BCUT2D eigenvalue weighted by molar-refractivity contribution is -0.124. The van der Waals surface area contributed by atoms with Crippen LogP contribution in [0.4, 0.5) is 0 Å². The van der Waals surface area contributed by atoms with Gasteiger partial charge in [-0.25, -0.2) is 8.42 Å². The molecule has 0 aromatic carbocycles. The van der Waals surface area contributed by atoms with E-state index in [2.05, 4.69) is 11.7 Å². The van der Waals surface area contributed by atoms with Gasteiger partial charge < -0.3 is 0 Å². The van der Waals surface area contributed by atoms with Crippen molar-refractivity contribution in [3.8, 4) is 0 Å². The van der Waals surface area contributed by atoms with E-state index >= 15 is 0 Å². The molecular formula is C5H11NO3S3. The molecule has 0 unspecified atom stereocenters. The Morgan fingerprint density at radius 1 is 1.58 bits per heavy atom. The van der Waals surface area contributed by atoms with Crippen molar-refractivity contribution in [1.82, 2.24) is 4.31 Å². The Morgan fingerprint density at radius 3 is 2.42 bits per heavy atom. The number of amides is 1. The molecule has 0 aliphatic carbocycles. The van der Waals surface area contributed by atoms with Gasteiger partial charge >= 0.3 is 0 Å². The van der Waals surface area contributed by atoms with Crippen molar-refractivity contribution in [2.75, 3.05) is 19.1 Å². The maximum absolute atomic E-state index is 11.0. The quantitative estimate of drug-likeness (QED) is 0.430. The lowest BCUT2D eigenvalue weighted by Crippen LogP contribution is -2.21. The number of nitrogens with zero attached hydrogens (tertiary/aromatic N) is 1. The minimum absolute atomic E-state index is 0.0168. The lowest BCUT2D eigenvalue weighted by atomic mass is 10.5. The molecule has 0 saturated carbocycles. The zero-order valence-corrected chi connectivity index (χ0v) is 9.38. The number of thiol groups is 1. The Morgan fingerprint density at radius 2 is 2.08 bits per heavy atom. The fourth-order valence-electron chi connectivity index (χ4n) is 0.476. The Labute approximate surface area is 81.6 Å². The molecule has 0 fully saturated rings. The van der Waals surface area contributed by atoms with Gasteiger partial charge in [-0.2, -0.15) is 0 Å². The van der Waals surface area contributed by atoms with Gasteiger partial charge in [-0.1, -0.05) is 11.7 Å². The summed E-state index contributed by atoms with van der Waals surface area (Å²) in [6.07, 6.45) is 1.12. The number of carbonyl (C=O) groups excluding carboxylic acids is 1. The van der Waals surface area contributed by atoms with Crippen molar-refractivity contribution in [3.05, 3.63) is 0 Å². The van der Waals surface area contributed by atoms with Crippen molar-refractivity contribution in [1.29, 1.82) is 0 Å². The van der Waals surface area contributed by atoms with E-state index in [4.69, 9.17) is 0 Å². The monoisotopic (exact) mass is 229 g/mol. The van der Waals surface area contributed by atoms with Gasteiger partial charge in [-0.3, -0.25) is 9.10 Å². The summed E-state index contributed by atoms with van der Waals surface area (Å²) in [7, 11) is -0.532. The van der Waals surface area contributed by atoms with Crippen LogP contribution in [0.15, 0.2) is 0 Å². The first-order valence-electron chi connectivity index (χ1n) is 3.12. The van der Waals surface area contributed by atoms with Gasteiger partial charge in [0, 0.05) is 30.7 Å². The fourth-order valence-corrected chi connectivity index (χ4v) is 1.48. The predicted octanol–water partition coefficient (Wildman–Crippen LogP) is 0.373. The molecule has 0 aliphatic heterocycles. The molecule has 0 heterocycles. The Kier molecular flexibility index (Phi) is 5.03. The zero-order chi connectivity index (χ0) is 9.78. The number of sulfone groups is 1. The molecule has 0 atom stereocenters. The molecule has 72 valence electrons. The predicted molar refractivity (Wildman–Crippen MR) is 53.7 cm³/mol. The van der Waals surface area contributed by atoms with Crippen molar-refractivity contribution in [2.24, 2.45) is 0 Å². The number of hydrogen-bond donors (Lipinski definition) is 1. The van der Waals surface area contributed by atoms with Gasteiger partial charge in [-0.05, 0) is 0 Å². The van der Waals surface area contributed by atoms with Crippen LogP contribution < -0.4 is 0 Å². The Hall–Kier alpha value is 0.120. The van der Waals surface area contributed by atoms with Crippen LogP contribution in [-0.2, 0) is 14.6 Å². The molecule has 0 radical (unpaired) electrons. The topological polar surface area (TPSA) is 54.5 Å². The summed E-state index contributed by atoms with van der Waals surface area (Å²) in [6.45, 7) is 0. The molecular weight excluding hydrogens is 218 g/mol. The van der Waals surface area contributed by atoms with E-state index in [0.717, 1.165) is 17.2 Å². The zero-order valence-electron chi connectivity index (χ0n) is 6.85. The van der Waals surface area contributed by atoms with Crippen LogP contribution in [0.3, 0.4) is 0 Å². The van der Waals surface area contributed by atoms with Crippen LogP contribution in [0.5, 0.6) is 0 Å². The third-order valence-corrected chi connectivity index (χ3v) is 3.29. The van der Waals surface area contributed by atoms with Crippen LogP contribution in [-0.4, -0.2) is 37.7 Å². The van der Waals surface area contributed by atoms with Gasteiger partial charge in [0.2, 0.25) is 5.91 Å². The van der Waals surface area contributed by atoms with E-state index in [1.165, 1.54) is 4.31 Å². The molecule has 0 aliphatic rings. The first kappa shape index (κ1) is 12.1. The highest BCUT2D eigenvalue weighted by Gasteiger charge is 2.11. The first-order valence-corrected chi connectivity index (χ1v) is 7.01. The van der Waals surface area contributed by atoms with Gasteiger partial charge in [0.1, 0.15) is 9.84 Å². The van der Waals surface area contributed by atoms with E-state index in [1.807, 2.05) is 0 Å². The van der Waals surface area contributed by atoms with Crippen LogP contribution in [0.25, 0.3) is 0 Å². The molecule has 1 amide bonds. The molecule has 12 heavy (non-hydrogen) atoms. The normalized spacial score (nSPS) is 11.2. The van der Waals surface area contributed by atoms with E-state index in [0.29, 0.717) is 0 Å². The first-order chi connectivity index (χ1) is 5.37.